The molecule has 8 nitrogen and oxygen atoms in total. The molecule has 3 aromatic rings. The number of piperidine rings is 1. The fourth-order valence-corrected chi connectivity index (χ4v) is 3.84. The van der Waals surface area contributed by atoms with Gasteiger partial charge in [-0.3, -0.25) is 9.88 Å². The Morgan fingerprint density at radius 3 is 2.67 bits per heavy atom. The van der Waals surface area contributed by atoms with Crippen LogP contribution in [0.25, 0.3) is 0 Å². The lowest BCUT2D eigenvalue weighted by Gasteiger charge is -2.31. The molecule has 0 N–H and O–H groups in total. The molecule has 0 unspecified atom stereocenters. The fraction of sp³-hybridized carbons (Fsp3) is 0.526. The molecule has 1 aliphatic rings. The van der Waals surface area contributed by atoms with Gasteiger partial charge in [0, 0.05) is 24.7 Å². The molecular formula is C19H26N8. The van der Waals surface area contributed by atoms with E-state index in [0.29, 0.717) is 12.5 Å². The summed E-state index contributed by atoms with van der Waals surface area (Å²) in [6.07, 6.45) is 5.47. The molecule has 0 saturated carbocycles. The van der Waals surface area contributed by atoms with Crippen LogP contribution in [0.1, 0.15) is 48.7 Å². The van der Waals surface area contributed by atoms with Crippen molar-refractivity contribution in [3.63, 3.8) is 0 Å². The molecule has 0 aromatic carbocycles. The molecule has 1 saturated heterocycles. The molecule has 8 heteroatoms. The Morgan fingerprint density at radius 1 is 1.11 bits per heavy atom. The summed E-state index contributed by atoms with van der Waals surface area (Å²) in [7, 11) is 0. The number of nitrogens with zero attached hydrogens (tertiary/aromatic N) is 8. The van der Waals surface area contributed by atoms with Crippen LogP contribution in [0, 0.1) is 6.92 Å². The van der Waals surface area contributed by atoms with E-state index in [0.717, 1.165) is 62.1 Å². The molecule has 27 heavy (non-hydrogen) atoms. The zero-order valence-electron chi connectivity index (χ0n) is 16.0. The first-order valence-corrected chi connectivity index (χ1v) is 9.62. The monoisotopic (exact) mass is 366 g/mol. The van der Waals surface area contributed by atoms with E-state index in [1.807, 2.05) is 13.0 Å². The first-order valence-electron chi connectivity index (χ1n) is 9.62. The van der Waals surface area contributed by atoms with Crippen LogP contribution in [-0.4, -0.2) is 52.5 Å². The zero-order chi connectivity index (χ0) is 18.6. The van der Waals surface area contributed by atoms with Gasteiger partial charge < -0.3 is 4.57 Å². The molecule has 0 radical (unpaired) electrons. The van der Waals surface area contributed by atoms with E-state index in [9.17, 15) is 0 Å². The Morgan fingerprint density at radius 2 is 1.96 bits per heavy atom. The topological polar surface area (TPSA) is 77.5 Å². The van der Waals surface area contributed by atoms with Gasteiger partial charge in [-0.25, -0.2) is 9.67 Å². The molecule has 4 rings (SSSR count). The summed E-state index contributed by atoms with van der Waals surface area (Å²) < 4.78 is 4.03. The average molecular weight is 366 g/mol. The normalized spacial score (nSPS) is 16.1. The van der Waals surface area contributed by atoms with E-state index in [2.05, 4.69) is 53.8 Å². The van der Waals surface area contributed by atoms with E-state index < -0.39 is 0 Å². The second-order valence-corrected chi connectivity index (χ2v) is 7.13. The molecule has 0 aliphatic carbocycles. The highest BCUT2D eigenvalue weighted by Crippen LogP contribution is 2.28. The third-order valence-corrected chi connectivity index (χ3v) is 5.23. The van der Waals surface area contributed by atoms with E-state index in [4.69, 9.17) is 0 Å². The number of aryl methyl sites for hydroxylation is 1. The maximum absolute atomic E-state index is 4.63. The maximum Gasteiger partial charge on any atom is 0.154 e. The summed E-state index contributed by atoms with van der Waals surface area (Å²) in [6, 6.07) is 6.25. The van der Waals surface area contributed by atoms with Crippen LogP contribution < -0.4 is 0 Å². The first-order chi connectivity index (χ1) is 13.2. The first kappa shape index (κ1) is 17.8. The third-order valence-electron chi connectivity index (χ3n) is 5.23. The quantitative estimate of drug-likeness (QED) is 0.664. The summed E-state index contributed by atoms with van der Waals surface area (Å²) in [5, 5.41) is 13.1. The minimum atomic E-state index is 0.462. The van der Waals surface area contributed by atoms with Crippen molar-refractivity contribution in [2.24, 2.45) is 0 Å². The molecule has 4 heterocycles. The van der Waals surface area contributed by atoms with Crippen LogP contribution in [0.5, 0.6) is 0 Å². The molecule has 142 valence electrons. The van der Waals surface area contributed by atoms with Gasteiger partial charge in [0.1, 0.15) is 25.0 Å². The lowest BCUT2D eigenvalue weighted by molar-refractivity contribution is 0.198. The van der Waals surface area contributed by atoms with Crippen LogP contribution in [0.3, 0.4) is 0 Å². The highest BCUT2D eigenvalue weighted by atomic mass is 15.4. The van der Waals surface area contributed by atoms with Crippen molar-refractivity contribution in [1.82, 2.24) is 39.4 Å². The van der Waals surface area contributed by atoms with E-state index >= 15 is 0 Å². The van der Waals surface area contributed by atoms with Gasteiger partial charge in [0.25, 0.3) is 0 Å². The van der Waals surface area contributed by atoms with Crippen molar-refractivity contribution < 1.29 is 0 Å². The summed E-state index contributed by atoms with van der Waals surface area (Å²) >= 11 is 0. The van der Waals surface area contributed by atoms with Gasteiger partial charge in [0.15, 0.2) is 5.82 Å². The number of rotatable bonds is 6. The molecule has 3 aromatic heterocycles. The number of pyridine rings is 1. The van der Waals surface area contributed by atoms with Crippen molar-refractivity contribution in [2.45, 2.75) is 52.2 Å². The van der Waals surface area contributed by atoms with Gasteiger partial charge in [0.2, 0.25) is 0 Å². The predicted molar refractivity (Wildman–Crippen MR) is 101 cm³/mol. The minimum absolute atomic E-state index is 0.462. The Balaban J connectivity index is 1.40. The molecule has 0 atom stereocenters. The second-order valence-electron chi connectivity index (χ2n) is 7.13. The van der Waals surface area contributed by atoms with Crippen molar-refractivity contribution >= 4 is 0 Å². The van der Waals surface area contributed by atoms with E-state index in [1.54, 1.807) is 17.3 Å². The molecule has 0 bridgehead atoms. The van der Waals surface area contributed by atoms with Crippen LogP contribution in [0.2, 0.25) is 0 Å². The van der Waals surface area contributed by atoms with Crippen LogP contribution >= 0.6 is 0 Å². The summed E-state index contributed by atoms with van der Waals surface area (Å²) in [5.74, 6) is 2.52. The summed E-state index contributed by atoms with van der Waals surface area (Å²) in [6.45, 7) is 8.73. The number of likely N-dealkylation sites (tertiary alicyclic amines) is 1. The van der Waals surface area contributed by atoms with E-state index in [-0.39, 0.29) is 0 Å². The maximum atomic E-state index is 4.63. The molecule has 0 spiro atoms. The smallest absolute Gasteiger partial charge is 0.154 e. The number of hydrogen-bond donors (Lipinski definition) is 0. The van der Waals surface area contributed by atoms with Crippen molar-refractivity contribution in [1.29, 1.82) is 0 Å². The second kappa shape index (κ2) is 7.96. The lowest BCUT2D eigenvalue weighted by atomic mass is 9.95. The average Bonchev–Trinajstić information content (AvgIpc) is 3.32. The molecule has 1 fully saturated rings. The SMILES string of the molecule is CCn1c(Cn2cncn2)nnc1C1CCN(Cc2cccc(C)n2)CC1. The highest BCUT2D eigenvalue weighted by Gasteiger charge is 2.26. The van der Waals surface area contributed by atoms with Gasteiger partial charge in [-0.05, 0) is 51.9 Å². The third kappa shape index (κ3) is 4.05. The molecular weight excluding hydrogens is 340 g/mol. The summed E-state index contributed by atoms with van der Waals surface area (Å²) in [5.41, 5.74) is 2.23. The minimum Gasteiger partial charge on any atom is -0.313 e. The van der Waals surface area contributed by atoms with Crippen LogP contribution in [0.4, 0.5) is 0 Å². The summed E-state index contributed by atoms with van der Waals surface area (Å²) in [4.78, 5) is 11.1. The van der Waals surface area contributed by atoms with Gasteiger partial charge in [-0.1, -0.05) is 6.07 Å². The Bertz CT molecular complexity index is 862. The van der Waals surface area contributed by atoms with Gasteiger partial charge in [-0.2, -0.15) is 5.10 Å². The number of aromatic nitrogens is 7. The number of hydrogen-bond acceptors (Lipinski definition) is 6. The van der Waals surface area contributed by atoms with Gasteiger partial charge in [0.05, 0.1) is 5.69 Å². The van der Waals surface area contributed by atoms with Gasteiger partial charge >= 0.3 is 0 Å². The Labute approximate surface area is 159 Å². The predicted octanol–water partition coefficient (Wildman–Crippen LogP) is 2.02. The van der Waals surface area contributed by atoms with Crippen LogP contribution in [0.15, 0.2) is 30.9 Å². The standard InChI is InChI=1S/C19H26N8/c1-3-27-18(12-26-14-20-13-21-26)23-24-19(27)16-7-9-25(10-8-16)11-17-6-4-5-15(2)22-17/h4-6,13-14,16H,3,7-12H2,1-2H3. The van der Waals surface area contributed by atoms with Gasteiger partial charge in [-0.15, -0.1) is 10.2 Å². The van der Waals surface area contributed by atoms with Crippen LogP contribution in [-0.2, 0) is 19.6 Å². The van der Waals surface area contributed by atoms with E-state index in [1.165, 1.54) is 0 Å². The molecule has 1 aliphatic heterocycles. The lowest BCUT2D eigenvalue weighted by Crippen LogP contribution is -2.33. The molecule has 0 amide bonds. The Kier molecular flexibility index (Phi) is 5.24. The highest BCUT2D eigenvalue weighted by molar-refractivity contribution is 5.10. The van der Waals surface area contributed by atoms with Crippen molar-refractivity contribution in [2.75, 3.05) is 13.1 Å². The van der Waals surface area contributed by atoms with Crippen molar-refractivity contribution in [3.05, 3.63) is 53.9 Å². The zero-order valence-corrected chi connectivity index (χ0v) is 16.0. The largest absolute Gasteiger partial charge is 0.313 e. The fourth-order valence-electron chi connectivity index (χ4n) is 3.84. The van der Waals surface area contributed by atoms with Crippen molar-refractivity contribution in [3.8, 4) is 0 Å². The Hall–Kier alpha value is -2.61.